The number of benzene rings is 2. The molecule has 0 spiro atoms. The molecule has 23 heavy (non-hydrogen) atoms. The van der Waals surface area contributed by atoms with Crippen molar-refractivity contribution in [3.05, 3.63) is 59.7 Å². The van der Waals surface area contributed by atoms with E-state index in [2.05, 4.69) is 4.72 Å². The van der Waals surface area contributed by atoms with E-state index in [1.54, 1.807) is 11.8 Å². The molecule has 7 heteroatoms. The predicted molar refractivity (Wildman–Crippen MR) is 90.0 cm³/mol. The molecule has 0 aromatic heterocycles. The zero-order chi connectivity index (χ0) is 16.9. The van der Waals surface area contributed by atoms with Gasteiger partial charge in [-0.3, -0.25) is 0 Å². The number of ether oxygens (including phenoxy) is 1. The highest BCUT2D eigenvalue weighted by molar-refractivity contribution is 7.98. The molecular weight excluding hydrogens is 334 g/mol. The number of hydrogen-bond donors (Lipinski definition) is 1. The number of hydrogen-bond acceptors (Lipinski definition) is 5. The van der Waals surface area contributed by atoms with Crippen LogP contribution in [0.1, 0.15) is 15.9 Å². The molecule has 0 saturated heterocycles. The number of rotatable bonds is 6. The lowest BCUT2D eigenvalue weighted by atomic mass is 10.2. The summed E-state index contributed by atoms with van der Waals surface area (Å²) in [7, 11) is -2.17. The molecule has 0 atom stereocenters. The second kappa shape index (κ2) is 7.63. The number of sulfonamides is 1. The normalized spacial score (nSPS) is 11.2. The van der Waals surface area contributed by atoms with Crippen molar-refractivity contribution in [1.82, 2.24) is 4.72 Å². The molecule has 0 aliphatic rings. The molecule has 2 rings (SSSR count). The molecule has 2 aromatic carbocycles. The van der Waals surface area contributed by atoms with Gasteiger partial charge in [-0.1, -0.05) is 12.1 Å². The molecule has 0 amide bonds. The SMILES string of the molecule is CNS(=O)(=O)c1ccc(C(=O)OCc2ccc(SC)cc2)cc1. The van der Waals surface area contributed by atoms with Crippen molar-refractivity contribution in [2.75, 3.05) is 13.3 Å². The number of thioether (sulfide) groups is 1. The van der Waals surface area contributed by atoms with Gasteiger partial charge in [-0.15, -0.1) is 11.8 Å². The Hall–Kier alpha value is -1.83. The monoisotopic (exact) mass is 351 g/mol. The van der Waals surface area contributed by atoms with Crippen LogP contribution in [-0.4, -0.2) is 27.7 Å². The van der Waals surface area contributed by atoms with Gasteiger partial charge in [0.1, 0.15) is 6.61 Å². The Morgan fingerprint density at radius 3 is 2.22 bits per heavy atom. The fourth-order valence-electron chi connectivity index (χ4n) is 1.84. The molecular formula is C16H17NO4S2. The zero-order valence-electron chi connectivity index (χ0n) is 12.8. The van der Waals surface area contributed by atoms with Crippen LogP contribution in [0, 0.1) is 0 Å². The van der Waals surface area contributed by atoms with Crippen molar-refractivity contribution in [3.8, 4) is 0 Å². The number of carbonyl (C=O) groups is 1. The molecule has 0 radical (unpaired) electrons. The zero-order valence-corrected chi connectivity index (χ0v) is 14.4. The Morgan fingerprint density at radius 2 is 1.70 bits per heavy atom. The molecule has 1 N–H and O–H groups in total. The maximum absolute atomic E-state index is 12.0. The minimum Gasteiger partial charge on any atom is -0.457 e. The summed E-state index contributed by atoms with van der Waals surface area (Å²) >= 11 is 1.64. The highest BCUT2D eigenvalue weighted by atomic mass is 32.2. The van der Waals surface area contributed by atoms with E-state index >= 15 is 0 Å². The number of carbonyl (C=O) groups excluding carboxylic acids is 1. The maximum atomic E-state index is 12.0. The minimum absolute atomic E-state index is 0.101. The Bertz CT molecular complexity index is 769. The summed E-state index contributed by atoms with van der Waals surface area (Å²) in [4.78, 5) is 13.2. The van der Waals surface area contributed by atoms with Gasteiger partial charge in [-0.2, -0.15) is 0 Å². The minimum atomic E-state index is -3.51. The molecule has 5 nitrogen and oxygen atoms in total. The quantitative estimate of drug-likeness (QED) is 0.640. The standard InChI is InChI=1S/C16H17NO4S2/c1-17-23(19,20)15-9-5-13(6-10-15)16(18)21-11-12-3-7-14(22-2)8-4-12/h3-10,17H,11H2,1-2H3. The van der Waals surface area contributed by atoms with Gasteiger partial charge in [0.2, 0.25) is 10.0 Å². The van der Waals surface area contributed by atoms with Gasteiger partial charge >= 0.3 is 5.97 Å². The van der Waals surface area contributed by atoms with Crippen LogP contribution in [0.3, 0.4) is 0 Å². The number of esters is 1. The van der Waals surface area contributed by atoms with Crippen molar-refractivity contribution in [2.24, 2.45) is 0 Å². The van der Waals surface area contributed by atoms with Crippen molar-refractivity contribution < 1.29 is 17.9 Å². The van der Waals surface area contributed by atoms with Gasteiger partial charge in [-0.05, 0) is 55.3 Å². The molecule has 2 aromatic rings. The smallest absolute Gasteiger partial charge is 0.338 e. The lowest BCUT2D eigenvalue weighted by molar-refractivity contribution is 0.0472. The third-order valence-corrected chi connectivity index (χ3v) is 5.37. The van der Waals surface area contributed by atoms with Gasteiger partial charge in [0.25, 0.3) is 0 Å². The van der Waals surface area contributed by atoms with Crippen molar-refractivity contribution in [2.45, 2.75) is 16.4 Å². The maximum Gasteiger partial charge on any atom is 0.338 e. The van der Waals surface area contributed by atoms with Crippen LogP contribution in [-0.2, 0) is 21.4 Å². The summed E-state index contributed by atoms with van der Waals surface area (Å²) in [5.74, 6) is -0.493. The van der Waals surface area contributed by atoms with Gasteiger partial charge in [-0.25, -0.2) is 17.9 Å². The Morgan fingerprint density at radius 1 is 1.09 bits per heavy atom. The van der Waals surface area contributed by atoms with Crippen molar-refractivity contribution in [3.63, 3.8) is 0 Å². The average Bonchev–Trinajstić information content (AvgIpc) is 2.60. The van der Waals surface area contributed by atoms with Crippen LogP contribution in [0.5, 0.6) is 0 Å². The first-order chi connectivity index (χ1) is 11.0. The van der Waals surface area contributed by atoms with Gasteiger partial charge in [0.15, 0.2) is 0 Å². The van der Waals surface area contributed by atoms with E-state index in [1.807, 2.05) is 30.5 Å². The molecule has 0 saturated carbocycles. The topological polar surface area (TPSA) is 72.5 Å². The molecule has 0 fully saturated rings. The third kappa shape index (κ3) is 4.57. The lowest BCUT2D eigenvalue weighted by Crippen LogP contribution is -2.18. The summed E-state index contributed by atoms with van der Waals surface area (Å²) in [5, 5.41) is 0. The van der Waals surface area contributed by atoms with E-state index in [-0.39, 0.29) is 11.5 Å². The Kier molecular flexibility index (Phi) is 5.81. The highest BCUT2D eigenvalue weighted by Crippen LogP contribution is 2.16. The first-order valence-corrected chi connectivity index (χ1v) is 9.51. The van der Waals surface area contributed by atoms with Crippen LogP contribution in [0.4, 0.5) is 0 Å². The third-order valence-electron chi connectivity index (χ3n) is 3.20. The van der Waals surface area contributed by atoms with Crippen LogP contribution in [0.25, 0.3) is 0 Å². The van der Waals surface area contributed by atoms with Crippen LogP contribution in [0.15, 0.2) is 58.3 Å². The lowest BCUT2D eigenvalue weighted by Gasteiger charge is -2.07. The average molecular weight is 351 g/mol. The highest BCUT2D eigenvalue weighted by Gasteiger charge is 2.13. The van der Waals surface area contributed by atoms with Crippen LogP contribution < -0.4 is 4.72 Å². The van der Waals surface area contributed by atoms with Gasteiger partial charge in [0, 0.05) is 4.90 Å². The fourth-order valence-corrected chi connectivity index (χ4v) is 2.98. The summed E-state index contributed by atoms with van der Waals surface area (Å²) in [5.41, 5.74) is 1.20. The molecule has 0 bridgehead atoms. The summed E-state index contributed by atoms with van der Waals surface area (Å²) in [6, 6.07) is 13.3. The summed E-state index contributed by atoms with van der Waals surface area (Å²) in [6.07, 6.45) is 1.99. The van der Waals surface area contributed by atoms with Crippen molar-refractivity contribution in [1.29, 1.82) is 0 Å². The second-order valence-electron chi connectivity index (χ2n) is 4.66. The first-order valence-electron chi connectivity index (χ1n) is 6.80. The van der Waals surface area contributed by atoms with E-state index in [1.165, 1.54) is 31.3 Å². The van der Waals surface area contributed by atoms with Crippen LogP contribution in [0.2, 0.25) is 0 Å². The van der Waals surface area contributed by atoms with E-state index in [0.29, 0.717) is 5.56 Å². The molecule has 122 valence electrons. The molecule has 0 aliphatic carbocycles. The molecule has 0 aliphatic heterocycles. The predicted octanol–water partition coefficient (Wildman–Crippen LogP) is 2.67. The van der Waals surface area contributed by atoms with Gasteiger partial charge in [0.05, 0.1) is 10.5 Å². The molecule has 0 heterocycles. The summed E-state index contributed by atoms with van der Waals surface area (Å²) < 4.78 is 30.7. The van der Waals surface area contributed by atoms with Gasteiger partial charge < -0.3 is 4.74 Å². The number of nitrogens with one attached hydrogen (secondary N) is 1. The fraction of sp³-hybridized carbons (Fsp3) is 0.188. The van der Waals surface area contributed by atoms with Crippen LogP contribution >= 0.6 is 11.8 Å². The first kappa shape index (κ1) is 17.5. The summed E-state index contributed by atoms with van der Waals surface area (Å²) in [6.45, 7) is 0.171. The van der Waals surface area contributed by atoms with E-state index in [9.17, 15) is 13.2 Å². The largest absolute Gasteiger partial charge is 0.457 e. The van der Waals surface area contributed by atoms with Crippen molar-refractivity contribution >= 4 is 27.8 Å². The van der Waals surface area contributed by atoms with E-state index < -0.39 is 16.0 Å². The Labute approximate surface area is 140 Å². The van der Waals surface area contributed by atoms with E-state index in [0.717, 1.165) is 10.5 Å². The molecule has 0 unspecified atom stereocenters. The van der Waals surface area contributed by atoms with E-state index in [4.69, 9.17) is 4.74 Å². The second-order valence-corrected chi connectivity index (χ2v) is 7.42. The Balaban J connectivity index is 2.00.